The van der Waals surface area contributed by atoms with E-state index in [1.54, 1.807) is 0 Å². The first-order valence-electron chi connectivity index (χ1n) is 4.18. The quantitative estimate of drug-likeness (QED) is 0.680. The van der Waals surface area contributed by atoms with E-state index in [4.69, 9.17) is 0 Å². The van der Waals surface area contributed by atoms with Crippen LogP contribution in [0.1, 0.15) is 6.92 Å². The van der Waals surface area contributed by atoms with Gasteiger partial charge in [-0.2, -0.15) is 13.2 Å². The van der Waals surface area contributed by atoms with Gasteiger partial charge in [-0.15, -0.1) is 0 Å². The second-order valence-corrected chi connectivity index (χ2v) is 2.66. The van der Waals surface area contributed by atoms with Gasteiger partial charge in [-0.1, -0.05) is 0 Å². The fraction of sp³-hybridized carbons (Fsp3) is 0.500. The highest BCUT2D eigenvalue weighted by Gasteiger charge is 2.46. The molecule has 7 heteroatoms. The van der Waals surface area contributed by atoms with Crippen LogP contribution in [0, 0.1) is 0 Å². The van der Waals surface area contributed by atoms with Crippen LogP contribution in [0.4, 0.5) is 18.0 Å². The lowest BCUT2D eigenvalue weighted by Gasteiger charge is -2.27. The van der Waals surface area contributed by atoms with Crippen molar-refractivity contribution in [1.29, 1.82) is 0 Å². The molecule has 4 nitrogen and oxygen atoms in total. The van der Waals surface area contributed by atoms with Crippen molar-refractivity contribution in [2.24, 2.45) is 4.99 Å². The Hall–Kier alpha value is -1.53. The van der Waals surface area contributed by atoms with Gasteiger partial charge in [0.15, 0.2) is 0 Å². The Balaban J connectivity index is 2.81. The zero-order chi connectivity index (χ0) is 11.5. The predicted molar refractivity (Wildman–Crippen MR) is 46.3 cm³/mol. The highest BCUT2D eigenvalue weighted by molar-refractivity contribution is 5.77. The number of alkyl halides is 3. The molecule has 1 atom stereocenters. The number of rotatable bonds is 1. The summed E-state index contributed by atoms with van der Waals surface area (Å²) >= 11 is 0. The Morgan fingerprint density at radius 2 is 2.27 bits per heavy atom. The number of ether oxygens (including phenoxy) is 1. The van der Waals surface area contributed by atoms with Gasteiger partial charge in [-0.05, 0) is 13.0 Å². The molecule has 1 heterocycles. The maximum Gasteiger partial charge on any atom is 0.429 e. The molecule has 1 amide bonds. The van der Waals surface area contributed by atoms with E-state index in [0.717, 1.165) is 12.4 Å². The zero-order valence-electron chi connectivity index (χ0n) is 7.86. The van der Waals surface area contributed by atoms with Gasteiger partial charge in [0.25, 0.3) is 0 Å². The highest BCUT2D eigenvalue weighted by Crippen LogP contribution is 2.27. The first kappa shape index (κ1) is 11.5. The fourth-order valence-electron chi connectivity index (χ4n) is 1.02. The van der Waals surface area contributed by atoms with Crippen molar-refractivity contribution in [1.82, 2.24) is 4.90 Å². The summed E-state index contributed by atoms with van der Waals surface area (Å²) in [5, 5.41) is 0. The number of hydrogen-bond acceptors (Lipinski definition) is 3. The summed E-state index contributed by atoms with van der Waals surface area (Å²) in [6.45, 7) is 1.52. The molecule has 0 bridgehead atoms. The lowest BCUT2D eigenvalue weighted by atomic mass is 10.4. The third kappa shape index (κ3) is 2.71. The van der Waals surface area contributed by atoms with E-state index in [-0.39, 0.29) is 6.61 Å². The van der Waals surface area contributed by atoms with E-state index in [1.165, 1.54) is 13.0 Å². The molecular formula is C8H9F3N2O2. The van der Waals surface area contributed by atoms with E-state index in [9.17, 15) is 18.0 Å². The van der Waals surface area contributed by atoms with Crippen LogP contribution in [0.15, 0.2) is 17.3 Å². The average molecular weight is 222 g/mol. The predicted octanol–water partition coefficient (Wildman–Crippen LogP) is 1.93. The average Bonchev–Trinajstić information content (AvgIpc) is 2.17. The minimum absolute atomic E-state index is 0.0114. The molecule has 0 spiro atoms. The number of halogens is 3. The van der Waals surface area contributed by atoms with Crippen molar-refractivity contribution >= 4 is 12.3 Å². The van der Waals surface area contributed by atoms with Crippen molar-refractivity contribution in [3.63, 3.8) is 0 Å². The van der Waals surface area contributed by atoms with Gasteiger partial charge in [0.05, 0.1) is 6.61 Å². The molecule has 15 heavy (non-hydrogen) atoms. The molecule has 84 valence electrons. The number of carbonyl (C=O) groups is 1. The molecule has 1 aliphatic heterocycles. The van der Waals surface area contributed by atoms with Crippen LogP contribution < -0.4 is 0 Å². The SMILES string of the molecule is CCOC(=O)N1C=CC=NC1C(F)(F)F. The van der Waals surface area contributed by atoms with E-state index in [2.05, 4.69) is 9.73 Å². The van der Waals surface area contributed by atoms with Gasteiger partial charge in [0.2, 0.25) is 6.17 Å². The summed E-state index contributed by atoms with van der Waals surface area (Å²) in [5.74, 6) is 0. The molecule has 0 aromatic carbocycles. The molecule has 0 aliphatic carbocycles. The van der Waals surface area contributed by atoms with Crippen LogP contribution in [-0.2, 0) is 4.74 Å². The van der Waals surface area contributed by atoms with Crippen molar-refractivity contribution in [2.75, 3.05) is 6.61 Å². The van der Waals surface area contributed by atoms with Gasteiger partial charge in [-0.3, -0.25) is 9.89 Å². The van der Waals surface area contributed by atoms with Crippen molar-refractivity contribution in [2.45, 2.75) is 19.3 Å². The molecule has 0 aromatic rings. The topological polar surface area (TPSA) is 41.9 Å². The monoisotopic (exact) mass is 222 g/mol. The molecule has 0 aromatic heterocycles. The Kier molecular flexibility index (Phi) is 3.33. The summed E-state index contributed by atoms with van der Waals surface area (Å²) in [5.41, 5.74) is 0. The molecule has 0 saturated heterocycles. The van der Waals surface area contributed by atoms with Crippen LogP contribution in [0.5, 0.6) is 0 Å². The molecule has 0 radical (unpaired) electrons. The summed E-state index contributed by atoms with van der Waals surface area (Å²) in [4.78, 5) is 14.7. The van der Waals surface area contributed by atoms with Crippen LogP contribution in [0.25, 0.3) is 0 Å². The first-order chi connectivity index (χ1) is 6.96. The minimum Gasteiger partial charge on any atom is -0.449 e. The van der Waals surface area contributed by atoms with E-state index in [0.29, 0.717) is 4.90 Å². The second-order valence-electron chi connectivity index (χ2n) is 2.66. The Morgan fingerprint density at radius 3 is 2.80 bits per heavy atom. The van der Waals surface area contributed by atoms with Crippen molar-refractivity contribution in [3.8, 4) is 0 Å². The van der Waals surface area contributed by atoms with E-state index < -0.39 is 18.4 Å². The van der Waals surface area contributed by atoms with Gasteiger partial charge >= 0.3 is 12.3 Å². The summed E-state index contributed by atoms with van der Waals surface area (Å²) < 4.78 is 41.7. The van der Waals surface area contributed by atoms with Crippen LogP contribution in [-0.4, -0.2) is 36.2 Å². The Bertz CT molecular complexity index is 299. The van der Waals surface area contributed by atoms with Crippen LogP contribution in [0.3, 0.4) is 0 Å². The number of aliphatic imine (C=N–C) groups is 1. The standard InChI is InChI=1S/C8H9F3N2O2/c1-2-15-7(14)13-5-3-4-12-6(13)8(9,10)11/h3-6H,2H2,1H3. The minimum atomic E-state index is -4.60. The third-order valence-electron chi connectivity index (χ3n) is 1.59. The highest BCUT2D eigenvalue weighted by atomic mass is 19.4. The van der Waals surface area contributed by atoms with Crippen LogP contribution in [0.2, 0.25) is 0 Å². The molecule has 1 rings (SSSR count). The van der Waals surface area contributed by atoms with E-state index in [1.807, 2.05) is 0 Å². The largest absolute Gasteiger partial charge is 0.449 e. The lowest BCUT2D eigenvalue weighted by molar-refractivity contribution is -0.171. The normalized spacial score (nSPS) is 20.5. The summed E-state index contributed by atoms with van der Waals surface area (Å²) in [6, 6.07) is 0. The first-order valence-corrected chi connectivity index (χ1v) is 4.18. The third-order valence-corrected chi connectivity index (χ3v) is 1.59. The molecule has 0 fully saturated rings. The number of allylic oxidation sites excluding steroid dienone is 1. The smallest absolute Gasteiger partial charge is 0.429 e. The van der Waals surface area contributed by atoms with Gasteiger partial charge in [-0.25, -0.2) is 4.79 Å². The molecule has 1 unspecified atom stereocenters. The summed E-state index contributed by atoms with van der Waals surface area (Å²) in [6.07, 6.45) is -4.64. The van der Waals surface area contributed by atoms with Gasteiger partial charge < -0.3 is 4.74 Å². The molecular weight excluding hydrogens is 213 g/mol. The fourth-order valence-corrected chi connectivity index (χ4v) is 1.02. The maximum absolute atomic E-state index is 12.4. The molecule has 0 N–H and O–H groups in total. The lowest BCUT2D eigenvalue weighted by Crippen LogP contribution is -2.46. The number of amides is 1. The van der Waals surface area contributed by atoms with Gasteiger partial charge in [0, 0.05) is 12.4 Å². The van der Waals surface area contributed by atoms with Crippen molar-refractivity contribution < 1.29 is 22.7 Å². The Labute approximate surface area is 84.0 Å². The Morgan fingerprint density at radius 1 is 1.60 bits per heavy atom. The van der Waals surface area contributed by atoms with Gasteiger partial charge in [0.1, 0.15) is 0 Å². The molecule has 1 aliphatic rings. The number of carbonyl (C=O) groups excluding carboxylic acids is 1. The van der Waals surface area contributed by atoms with E-state index >= 15 is 0 Å². The zero-order valence-corrected chi connectivity index (χ0v) is 7.86. The van der Waals surface area contributed by atoms with Crippen LogP contribution >= 0.6 is 0 Å². The molecule has 0 saturated carbocycles. The number of hydrogen-bond donors (Lipinski definition) is 0. The second kappa shape index (κ2) is 4.33. The van der Waals surface area contributed by atoms with Crippen molar-refractivity contribution in [3.05, 3.63) is 12.3 Å². The maximum atomic E-state index is 12.4. The summed E-state index contributed by atoms with van der Waals surface area (Å²) in [7, 11) is 0. The number of nitrogens with zero attached hydrogens (tertiary/aromatic N) is 2.